The maximum atomic E-state index is 9.84. The number of carboxylic acid groups (broad SMARTS) is 2. The summed E-state index contributed by atoms with van der Waals surface area (Å²) < 4.78 is 0. The number of hydrogen-bond acceptors (Lipinski definition) is 6. The molecular weight excluding hydrogens is 364 g/mol. The van der Waals surface area contributed by atoms with E-state index in [1.807, 2.05) is 24.3 Å². The van der Waals surface area contributed by atoms with Gasteiger partial charge in [-0.2, -0.15) is 0 Å². The predicted molar refractivity (Wildman–Crippen MR) is 106 cm³/mol. The van der Waals surface area contributed by atoms with Gasteiger partial charge in [-0.05, 0) is 12.1 Å². The summed E-state index contributed by atoms with van der Waals surface area (Å²) in [4.78, 5) is 20.1. The number of phenolic OH excluding ortho intramolecular Hbond substituents is 2. The van der Waals surface area contributed by atoms with Gasteiger partial charge in [0.15, 0.2) is 0 Å². The fourth-order valence-electron chi connectivity index (χ4n) is 2.17. The van der Waals surface area contributed by atoms with Gasteiger partial charge in [-0.1, -0.05) is 36.4 Å². The average Bonchev–Trinajstić information content (AvgIpc) is 2.58. The van der Waals surface area contributed by atoms with Gasteiger partial charge >= 0.3 is 0 Å². The normalized spacial score (nSPS) is 9.57. The van der Waals surface area contributed by atoms with E-state index in [9.17, 15) is 10.2 Å². The summed E-state index contributed by atoms with van der Waals surface area (Å²) in [5, 5.41) is 34.5. The molecule has 2 aromatic carbocycles. The van der Waals surface area contributed by atoms with Crippen LogP contribution in [0.3, 0.4) is 0 Å². The lowest BCUT2D eigenvalue weighted by Crippen LogP contribution is -2.28. The summed E-state index contributed by atoms with van der Waals surface area (Å²) in [5.41, 5.74) is 7.36. The van der Waals surface area contributed by atoms with Crippen LogP contribution in [-0.2, 0) is 22.7 Å². The first-order chi connectivity index (χ1) is 13.2. The third-order valence-electron chi connectivity index (χ3n) is 3.22. The van der Waals surface area contributed by atoms with E-state index >= 15 is 0 Å². The highest BCUT2D eigenvalue weighted by molar-refractivity contribution is 5.63. The number of para-hydroxylation sites is 2. The molecule has 0 amide bonds. The number of nitrogens with two attached hydrogens (primary N) is 1. The van der Waals surface area contributed by atoms with E-state index in [2.05, 4.69) is 4.90 Å². The van der Waals surface area contributed by atoms with Crippen LogP contribution in [0, 0.1) is 0 Å². The van der Waals surface area contributed by atoms with Crippen LogP contribution in [-0.4, -0.2) is 50.4 Å². The Balaban J connectivity index is 0.000000776. The monoisotopic (exact) mass is 392 g/mol. The Labute approximate surface area is 164 Å². The lowest BCUT2D eigenvalue weighted by molar-refractivity contribution is -0.135. The maximum Gasteiger partial charge on any atom is 0.300 e. The van der Waals surface area contributed by atoms with Gasteiger partial charge in [-0.15, -0.1) is 0 Å². The number of hydrogen-bond donors (Lipinski definition) is 5. The van der Waals surface area contributed by atoms with Crippen molar-refractivity contribution in [2.24, 2.45) is 5.73 Å². The van der Waals surface area contributed by atoms with Gasteiger partial charge in [0.05, 0.1) is 0 Å². The van der Waals surface area contributed by atoms with Crippen LogP contribution in [0.2, 0.25) is 0 Å². The maximum absolute atomic E-state index is 9.84. The van der Waals surface area contributed by atoms with Gasteiger partial charge in [0, 0.05) is 51.2 Å². The summed E-state index contributed by atoms with van der Waals surface area (Å²) in [6.45, 7) is 4.58. The molecule has 0 spiro atoms. The molecule has 0 bridgehead atoms. The number of benzene rings is 2. The highest BCUT2D eigenvalue weighted by Crippen LogP contribution is 2.21. The zero-order valence-electron chi connectivity index (χ0n) is 16.1. The largest absolute Gasteiger partial charge is 0.508 e. The van der Waals surface area contributed by atoms with Crippen LogP contribution in [0.25, 0.3) is 0 Å². The number of aliphatic carboxylic acids is 2. The second kappa shape index (κ2) is 14.0. The summed E-state index contributed by atoms with van der Waals surface area (Å²) >= 11 is 0. The molecule has 0 aromatic heterocycles. The van der Waals surface area contributed by atoms with Crippen LogP contribution in [0.1, 0.15) is 25.0 Å². The summed E-state index contributed by atoms with van der Waals surface area (Å²) in [6, 6.07) is 14.5. The van der Waals surface area contributed by atoms with Crippen molar-refractivity contribution in [3.63, 3.8) is 0 Å². The fraction of sp³-hybridized carbons (Fsp3) is 0.300. The van der Waals surface area contributed by atoms with Crippen molar-refractivity contribution in [3.8, 4) is 11.5 Å². The minimum atomic E-state index is -0.833. The van der Waals surface area contributed by atoms with E-state index in [0.717, 1.165) is 25.0 Å². The minimum absolute atomic E-state index is 0.284. The first-order valence-electron chi connectivity index (χ1n) is 8.52. The number of phenols is 2. The molecule has 154 valence electrons. The Morgan fingerprint density at radius 2 is 1.14 bits per heavy atom. The van der Waals surface area contributed by atoms with E-state index < -0.39 is 11.9 Å². The van der Waals surface area contributed by atoms with Crippen LogP contribution < -0.4 is 5.73 Å². The molecule has 8 heteroatoms. The third kappa shape index (κ3) is 12.3. The summed E-state index contributed by atoms with van der Waals surface area (Å²) in [5.74, 6) is -1.10. The molecule has 2 aromatic rings. The van der Waals surface area contributed by atoms with Crippen LogP contribution in [0.15, 0.2) is 48.5 Å². The van der Waals surface area contributed by atoms with Crippen molar-refractivity contribution in [3.05, 3.63) is 59.7 Å². The fourth-order valence-corrected chi connectivity index (χ4v) is 2.17. The van der Waals surface area contributed by atoms with E-state index in [0.29, 0.717) is 26.2 Å². The number of carboxylic acids is 2. The van der Waals surface area contributed by atoms with E-state index in [1.165, 1.54) is 0 Å². The average molecular weight is 392 g/mol. The van der Waals surface area contributed by atoms with Crippen LogP contribution >= 0.6 is 0 Å². The van der Waals surface area contributed by atoms with E-state index in [-0.39, 0.29) is 11.5 Å². The molecule has 8 nitrogen and oxygen atoms in total. The van der Waals surface area contributed by atoms with E-state index in [1.54, 1.807) is 24.3 Å². The Morgan fingerprint density at radius 3 is 1.43 bits per heavy atom. The molecule has 0 heterocycles. The molecule has 0 aliphatic carbocycles. The summed E-state index contributed by atoms with van der Waals surface area (Å²) in [6.07, 6.45) is 0. The van der Waals surface area contributed by atoms with Gasteiger partial charge in [-0.25, -0.2) is 0 Å². The zero-order valence-corrected chi connectivity index (χ0v) is 16.1. The second-order valence-electron chi connectivity index (χ2n) is 5.79. The van der Waals surface area contributed by atoms with Gasteiger partial charge in [-0.3, -0.25) is 14.5 Å². The number of nitrogens with zero attached hydrogens (tertiary/aromatic N) is 1. The van der Waals surface area contributed by atoms with Crippen molar-refractivity contribution >= 4 is 11.9 Å². The number of carbonyl (C=O) groups is 2. The quantitative estimate of drug-likeness (QED) is 0.503. The molecule has 0 atom stereocenters. The first kappa shape index (κ1) is 24.9. The van der Waals surface area contributed by atoms with Gasteiger partial charge < -0.3 is 26.2 Å². The van der Waals surface area contributed by atoms with E-state index in [4.69, 9.17) is 25.5 Å². The van der Waals surface area contributed by atoms with Crippen LogP contribution in [0.4, 0.5) is 0 Å². The lowest BCUT2D eigenvalue weighted by atomic mass is 10.1. The highest BCUT2D eigenvalue weighted by Gasteiger charge is 2.10. The molecule has 0 fully saturated rings. The molecule has 6 N–H and O–H groups in total. The smallest absolute Gasteiger partial charge is 0.300 e. The van der Waals surface area contributed by atoms with Crippen molar-refractivity contribution in [2.45, 2.75) is 26.9 Å². The highest BCUT2D eigenvalue weighted by atomic mass is 16.4. The first-order valence-corrected chi connectivity index (χ1v) is 8.52. The molecule has 0 unspecified atom stereocenters. The Morgan fingerprint density at radius 1 is 0.821 bits per heavy atom. The van der Waals surface area contributed by atoms with Crippen molar-refractivity contribution in [2.75, 3.05) is 13.1 Å². The van der Waals surface area contributed by atoms with Crippen molar-refractivity contribution < 1.29 is 30.0 Å². The number of aromatic hydroxyl groups is 2. The Bertz CT molecular complexity index is 669. The van der Waals surface area contributed by atoms with Crippen molar-refractivity contribution in [1.29, 1.82) is 0 Å². The van der Waals surface area contributed by atoms with Crippen LogP contribution in [0.5, 0.6) is 11.5 Å². The molecule has 0 radical (unpaired) electrons. The van der Waals surface area contributed by atoms with Gasteiger partial charge in [0.25, 0.3) is 11.9 Å². The van der Waals surface area contributed by atoms with Gasteiger partial charge in [0.1, 0.15) is 11.5 Å². The Kier molecular flexibility index (Phi) is 12.5. The molecule has 28 heavy (non-hydrogen) atoms. The molecular formula is C20H28N2O6. The minimum Gasteiger partial charge on any atom is -0.508 e. The second-order valence-corrected chi connectivity index (χ2v) is 5.79. The molecule has 0 aliphatic heterocycles. The molecule has 0 saturated carbocycles. The molecule has 0 saturated heterocycles. The Hall–Kier alpha value is -3.10. The zero-order chi connectivity index (χ0) is 21.5. The third-order valence-corrected chi connectivity index (χ3v) is 3.22. The standard InChI is InChI=1S/C16H20N2O2.2C2H4O2/c17-9-10-18(11-13-5-1-3-7-15(13)19)12-14-6-2-4-8-16(14)20;2*1-2(3)4/h1-8,19-20H,9-12,17H2;2*1H3,(H,3,4). The number of rotatable bonds is 6. The SMILES string of the molecule is CC(=O)O.CC(=O)O.NCCN(Cc1ccccc1O)Cc1ccccc1O. The van der Waals surface area contributed by atoms with Crippen molar-refractivity contribution in [1.82, 2.24) is 4.90 Å². The predicted octanol–water partition coefficient (Wildman–Crippen LogP) is 2.24. The molecule has 0 aliphatic rings. The molecule has 2 rings (SSSR count). The van der Waals surface area contributed by atoms with Gasteiger partial charge in [0.2, 0.25) is 0 Å². The summed E-state index contributed by atoms with van der Waals surface area (Å²) in [7, 11) is 0. The lowest BCUT2D eigenvalue weighted by Gasteiger charge is -2.22. The topological polar surface area (TPSA) is 144 Å².